The van der Waals surface area contributed by atoms with Crippen molar-refractivity contribution in [1.29, 1.82) is 0 Å². The van der Waals surface area contributed by atoms with Gasteiger partial charge >= 0.3 is 6.03 Å². The molecule has 19 heavy (non-hydrogen) atoms. The second-order valence-electron chi connectivity index (χ2n) is 6.46. The minimum Gasteiger partial charge on any atom is -0.378 e. The maximum Gasteiger partial charge on any atom is 0.319 e. The molecule has 0 aromatic carbocycles. The molecule has 3 fully saturated rings. The van der Waals surface area contributed by atoms with Crippen LogP contribution in [0.25, 0.3) is 0 Å². The fourth-order valence-corrected chi connectivity index (χ4v) is 2.97. The quantitative estimate of drug-likeness (QED) is 0.775. The van der Waals surface area contributed by atoms with E-state index in [0.717, 1.165) is 32.0 Å². The zero-order chi connectivity index (χ0) is 13.5. The van der Waals surface area contributed by atoms with E-state index >= 15 is 0 Å². The van der Waals surface area contributed by atoms with E-state index in [0.29, 0.717) is 19.2 Å². The van der Waals surface area contributed by atoms with Crippen LogP contribution in [0.5, 0.6) is 0 Å². The average Bonchev–Trinajstić information content (AvgIpc) is 3.16. The highest BCUT2D eigenvalue weighted by molar-refractivity contribution is 5.75. The lowest BCUT2D eigenvalue weighted by Gasteiger charge is -2.53. The SMILES string of the molecule is CN(C)C(=O)N1CC2(CC(OCC3CC3)CCO2)C1. The van der Waals surface area contributed by atoms with Gasteiger partial charge in [0.15, 0.2) is 0 Å². The predicted molar refractivity (Wildman–Crippen MR) is 71.0 cm³/mol. The van der Waals surface area contributed by atoms with Crippen molar-refractivity contribution in [2.45, 2.75) is 37.4 Å². The molecule has 2 heterocycles. The Morgan fingerprint density at radius 1 is 1.37 bits per heavy atom. The molecule has 0 aromatic heterocycles. The van der Waals surface area contributed by atoms with Crippen LogP contribution in [0.4, 0.5) is 4.79 Å². The van der Waals surface area contributed by atoms with Gasteiger partial charge in [-0.15, -0.1) is 0 Å². The molecule has 3 rings (SSSR count). The summed E-state index contributed by atoms with van der Waals surface area (Å²) in [7, 11) is 3.58. The summed E-state index contributed by atoms with van der Waals surface area (Å²) in [5.74, 6) is 0.812. The van der Waals surface area contributed by atoms with Gasteiger partial charge in [-0.2, -0.15) is 0 Å². The van der Waals surface area contributed by atoms with Crippen molar-refractivity contribution in [1.82, 2.24) is 9.80 Å². The van der Waals surface area contributed by atoms with Crippen LogP contribution in [0.15, 0.2) is 0 Å². The molecule has 1 unspecified atom stereocenters. The highest BCUT2D eigenvalue weighted by atomic mass is 16.5. The smallest absolute Gasteiger partial charge is 0.319 e. The van der Waals surface area contributed by atoms with Crippen molar-refractivity contribution in [3.05, 3.63) is 0 Å². The summed E-state index contributed by atoms with van der Waals surface area (Å²) >= 11 is 0. The van der Waals surface area contributed by atoms with Gasteiger partial charge in [-0.1, -0.05) is 0 Å². The Morgan fingerprint density at radius 2 is 2.11 bits per heavy atom. The van der Waals surface area contributed by atoms with Gasteiger partial charge in [0.1, 0.15) is 5.60 Å². The van der Waals surface area contributed by atoms with E-state index in [1.54, 1.807) is 19.0 Å². The second-order valence-corrected chi connectivity index (χ2v) is 6.46. The molecular weight excluding hydrogens is 244 g/mol. The van der Waals surface area contributed by atoms with Crippen LogP contribution in [0.3, 0.4) is 0 Å². The highest BCUT2D eigenvalue weighted by Gasteiger charge is 2.50. The molecule has 1 saturated carbocycles. The van der Waals surface area contributed by atoms with E-state index in [1.807, 2.05) is 4.90 Å². The monoisotopic (exact) mass is 268 g/mol. The van der Waals surface area contributed by atoms with E-state index in [2.05, 4.69) is 0 Å². The second kappa shape index (κ2) is 4.94. The molecule has 5 heteroatoms. The number of nitrogens with zero attached hydrogens (tertiary/aromatic N) is 2. The molecule has 1 atom stereocenters. The number of carbonyl (C=O) groups is 1. The number of hydrogen-bond acceptors (Lipinski definition) is 3. The summed E-state index contributed by atoms with van der Waals surface area (Å²) in [6, 6.07) is 0.0789. The number of rotatable bonds is 3. The first kappa shape index (κ1) is 13.2. The Labute approximate surface area is 114 Å². The van der Waals surface area contributed by atoms with Gasteiger partial charge in [0.25, 0.3) is 0 Å². The zero-order valence-corrected chi connectivity index (χ0v) is 11.9. The molecule has 5 nitrogen and oxygen atoms in total. The molecule has 3 aliphatic rings. The number of likely N-dealkylation sites (tertiary alicyclic amines) is 1. The molecule has 0 radical (unpaired) electrons. The van der Waals surface area contributed by atoms with Crippen molar-refractivity contribution in [2.24, 2.45) is 5.92 Å². The van der Waals surface area contributed by atoms with Gasteiger partial charge in [-0.25, -0.2) is 4.79 Å². The Morgan fingerprint density at radius 3 is 2.74 bits per heavy atom. The summed E-state index contributed by atoms with van der Waals surface area (Å²) < 4.78 is 11.9. The van der Waals surface area contributed by atoms with Crippen LogP contribution in [-0.2, 0) is 9.47 Å². The number of hydrogen-bond donors (Lipinski definition) is 0. The predicted octanol–water partition coefficient (Wildman–Crippen LogP) is 1.33. The molecule has 1 spiro atoms. The molecule has 108 valence electrons. The lowest BCUT2D eigenvalue weighted by molar-refractivity contribution is -0.187. The van der Waals surface area contributed by atoms with Crippen LogP contribution >= 0.6 is 0 Å². The summed E-state index contributed by atoms with van der Waals surface area (Å²) in [5.41, 5.74) is -0.127. The van der Waals surface area contributed by atoms with Gasteiger partial charge in [-0.3, -0.25) is 0 Å². The summed E-state index contributed by atoms with van der Waals surface area (Å²) in [6.07, 6.45) is 4.93. The average molecular weight is 268 g/mol. The lowest BCUT2D eigenvalue weighted by Crippen LogP contribution is -2.68. The maximum absolute atomic E-state index is 11.8. The van der Waals surface area contributed by atoms with Crippen molar-refractivity contribution in [3.8, 4) is 0 Å². The van der Waals surface area contributed by atoms with E-state index < -0.39 is 0 Å². The molecule has 0 bridgehead atoms. The minimum absolute atomic E-state index is 0.0789. The number of amides is 2. The highest BCUT2D eigenvalue weighted by Crippen LogP contribution is 2.37. The van der Waals surface area contributed by atoms with Gasteiger partial charge in [0.05, 0.1) is 19.2 Å². The molecule has 0 N–H and O–H groups in total. The molecule has 2 amide bonds. The van der Waals surface area contributed by atoms with Gasteiger partial charge < -0.3 is 19.3 Å². The minimum atomic E-state index is -0.127. The van der Waals surface area contributed by atoms with Crippen LogP contribution < -0.4 is 0 Å². The van der Waals surface area contributed by atoms with Gasteiger partial charge in [0.2, 0.25) is 0 Å². The first-order chi connectivity index (χ1) is 9.08. The Hall–Kier alpha value is -0.810. The number of ether oxygens (including phenoxy) is 2. The standard InChI is InChI=1S/C14H24N2O3/c1-15(2)13(17)16-9-14(10-16)7-12(5-6-19-14)18-8-11-3-4-11/h11-12H,3-10H2,1-2H3. The third-order valence-electron chi connectivity index (χ3n) is 4.32. The number of urea groups is 1. The van der Waals surface area contributed by atoms with Gasteiger partial charge in [-0.05, 0) is 25.2 Å². The molecule has 0 aromatic rings. The van der Waals surface area contributed by atoms with Crippen molar-refractivity contribution >= 4 is 6.03 Å². The van der Waals surface area contributed by atoms with Gasteiger partial charge in [0, 0.05) is 33.7 Å². The largest absolute Gasteiger partial charge is 0.378 e. The first-order valence-electron chi connectivity index (χ1n) is 7.30. The zero-order valence-electron chi connectivity index (χ0n) is 11.9. The van der Waals surface area contributed by atoms with E-state index in [1.165, 1.54) is 12.8 Å². The topological polar surface area (TPSA) is 42.0 Å². The molecular formula is C14H24N2O3. The van der Waals surface area contributed by atoms with Crippen LogP contribution in [0.1, 0.15) is 25.7 Å². The summed E-state index contributed by atoms with van der Waals surface area (Å²) in [5, 5.41) is 0. The van der Waals surface area contributed by atoms with Crippen LogP contribution in [0.2, 0.25) is 0 Å². The lowest BCUT2D eigenvalue weighted by atomic mass is 9.85. The molecule has 2 aliphatic heterocycles. The van der Waals surface area contributed by atoms with E-state index in [-0.39, 0.29) is 11.6 Å². The van der Waals surface area contributed by atoms with Crippen LogP contribution in [-0.4, -0.2) is 67.9 Å². The molecule has 1 aliphatic carbocycles. The Kier molecular flexibility index (Phi) is 3.43. The summed E-state index contributed by atoms with van der Waals surface area (Å²) in [4.78, 5) is 15.3. The maximum atomic E-state index is 11.8. The van der Waals surface area contributed by atoms with E-state index in [9.17, 15) is 4.79 Å². The van der Waals surface area contributed by atoms with Crippen molar-refractivity contribution in [2.75, 3.05) is 40.4 Å². The number of carbonyl (C=O) groups excluding carboxylic acids is 1. The third-order valence-corrected chi connectivity index (χ3v) is 4.32. The normalized spacial score (nSPS) is 29.2. The van der Waals surface area contributed by atoms with Crippen molar-refractivity contribution < 1.29 is 14.3 Å². The summed E-state index contributed by atoms with van der Waals surface area (Å²) in [6.45, 7) is 3.11. The first-order valence-corrected chi connectivity index (χ1v) is 7.30. The van der Waals surface area contributed by atoms with Crippen molar-refractivity contribution in [3.63, 3.8) is 0 Å². The molecule has 2 saturated heterocycles. The Balaban J connectivity index is 1.47. The van der Waals surface area contributed by atoms with Crippen LogP contribution in [0, 0.1) is 5.92 Å². The fraction of sp³-hybridized carbons (Fsp3) is 0.929. The Bertz CT molecular complexity index is 349. The fourth-order valence-electron chi connectivity index (χ4n) is 2.97. The third kappa shape index (κ3) is 2.87. The van der Waals surface area contributed by atoms with E-state index in [4.69, 9.17) is 9.47 Å².